The lowest BCUT2D eigenvalue weighted by atomic mass is 9.81. The van der Waals surface area contributed by atoms with Crippen molar-refractivity contribution in [2.45, 2.75) is 12.8 Å². The summed E-state index contributed by atoms with van der Waals surface area (Å²) in [5.41, 5.74) is 2.67. The van der Waals surface area contributed by atoms with Crippen molar-refractivity contribution in [3.63, 3.8) is 0 Å². The van der Waals surface area contributed by atoms with E-state index in [0.717, 1.165) is 18.4 Å². The molecule has 0 radical (unpaired) electrons. The molecular formula is C13H15ClN2. The van der Waals surface area contributed by atoms with Crippen molar-refractivity contribution in [1.29, 1.82) is 0 Å². The number of pyridine rings is 1. The van der Waals surface area contributed by atoms with E-state index in [0.29, 0.717) is 5.15 Å². The van der Waals surface area contributed by atoms with Gasteiger partial charge in [-0.1, -0.05) is 23.7 Å². The number of allylic oxidation sites excluding steroid dienone is 1. The summed E-state index contributed by atoms with van der Waals surface area (Å²) in [6.07, 6.45) is 6.79. The maximum Gasteiger partial charge on any atom is 0.129 e. The van der Waals surface area contributed by atoms with E-state index < -0.39 is 0 Å². The number of halogens is 1. The molecule has 2 aliphatic rings. The summed E-state index contributed by atoms with van der Waals surface area (Å²) in [6, 6.07) is 3.95. The SMILES string of the molecule is Clc1ccc(C2=C[C@H]3CNC[C@H]3CC2)cn1. The molecule has 0 amide bonds. The first kappa shape index (κ1) is 10.3. The summed E-state index contributed by atoms with van der Waals surface area (Å²) >= 11 is 5.80. The Kier molecular flexibility index (Phi) is 2.70. The van der Waals surface area contributed by atoms with E-state index in [1.165, 1.54) is 30.5 Å². The summed E-state index contributed by atoms with van der Waals surface area (Å²) in [7, 11) is 0. The summed E-state index contributed by atoms with van der Waals surface area (Å²) in [4.78, 5) is 4.15. The van der Waals surface area contributed by atoms with Crippen LogP contribution < -0.4 is 5.32 Å². The molecule has 1 fully saturated rings. The van der Waals surface area contributed by atoms with Gasteiger partial charge in [0.05, 0.1) is 0 Å². The van der Waals surface area contributed by atoms with Crippen molar-refractivity contribution in [3.05, 3.63) is 35.1 Å². The third-order valence-corrected chi connectivity index (χ3v) is 3.91. The molecule has 0 unspecified atom stereocenters. The van der Waals surface area contributed by atoms with Crippen LogP contribution in [0.2, 0.25) is 5.15 Å². The second-order valence-corrected chi connectivity index (χ2v) is 5.07. The van der Waals surface area contributed by atoms with Crippen molar-refractivity contribution >= 4 is 17.2 Å². The van der Waals surface area contributed by atoms with Crippen LogP contribution in [0, 0.1) is 11.8 Å². The van der Waals surface area contributed by atoms with Gasteiger partial charge in [-0.3, -0.25) is 0 Å². The van der Waals surface area contributed by atoms with Gasteiger partial charge < -0.3 is 5.32 Å². The lowest BCUT2D eigenvalue weighted by Crippen LogP contribution is -2.15. The maximum atomic E-state index is 5.80. The Hall–Kier alpha value is -0.860. The van der Waals surface area contributed by atoms with E-state index in [4.69, 9.17) is 11.6 Å². The van der Waals surface area contributed by atoms with Crippen molar-refractivity contribution < 1.29 is 0 Å². The molecule has 3 heteroatoms. The molecule has 2 heterocycles. The fourth-order valence-corrected chi connectivity index (χ4v) is 2.87. The Morgan fingerprint density at radius 1 is 1.31 bits per heavy atom. The van der Waals surface area contributed by atoms with Crippen molar-refractivity contribution in [2.75, 3.05) is 13.1 Å². The van der Waals surface area contributed by atoms with E-state index >= 15 is 0 Å². The first-order chi connectivity index (χ1) is 7.83. The normalized spacial score (nSPS) is 28.7. The second kappa shape index (κ2) is 4.19. The lowest BCUT2D eigenvalue weighted by Gasteiger charge is -2.23. The van der Waals surface area contributed by atoms with Crippen LogP contribution in [-0.2, 0) is 0 Å². The highest BCUT2D eigenvalue weighted by molar-refractivity contribution is 6.29. The van der Waals surface area contributed by atoms with Gasteiger partial charge in [0.15, 0.2) is 0 Å². The molecule has 16 heavy (non-hydrogen) atoms. The fraction of sp³-hybridized carbons (Fsp3) is 0.462. The average molecular weight is 235 g/mol. The van der Waals surface area contributed by atoms with Gasteiger partial charge >= 0.3 is 0 Å². The van der Waals surface area contributed by atoms with Gasteiger partial charge in [-0.15, -0.1) is 0 Å². The number of hydrogen-bond donors (Lipinski definition) is 1. The topological polar surface area (TPSA) is 24.9 Å². The average Bonchev–Trinajstić information content (AvgIpc) is 2.77. The van der Waals surface area contributed by atoms with Crippen LogP contribution in [0.1, 0.15) is 18.4 Å². The number of nitrogens with zero attached hydrogens (tertiary/aromatic N) is 1. The summed E-state index contributed by atoms with van der Waals surface area (Å²) < 4.78 is 0. The number of hydrogen-bond acceptors (Lipinski definition) is 2. The Bertz CT molecular complexity index is 410. The highest BCUT2D eigenvalue weighted by Crippen LogP contribution is 2.35. The van der Waals surface area contributed by atoms with Crippen LogP contribution >= 0.6 is 11.6 Å². The standard InChI is InChI=1S/C13H15ClN2/c14-13-4-3-11(8-16-13)9-1-2-10-6-15-7-12(10)5-9/h3-5,8,10,12,15H,1-2,6-7H2/t10-,12+/m1/s1. The van der Waals surface area contributed by atoms with Crippen LogP contribution in [0.25, 0.3) is 5.57 Å². The quantitative estimate of drug-likeness (QED) is 0.756. The molecule has 3 rings (SSSR count). The van der Waals surface area contributed by atoms with Gasteiger partial charge in [0.2, 0.25) is 0 Å². The first-order valence-corrected chi connectivity index (χ1v) is 6.24. The highest BCUT2D eigenvalue weighted by Gasteiger charge is 2.29. The molecule has 0 spiro atoms. The van der Waals surface area contributed by atoms with Crippen LogP contribution in [0.5, 0.6) is 0 Å². The Morgan fingerprint density at radius 3 is 3.06 bits per heavy atom. The molecule has 1 aromatic heterocycles. The van der Waals surface area contributed by atoms with Crippen molar-refractivity contribution in [3.8, 4) is 0 Å². The van der Waals surface area contributed by atoms with Gasteiger partial charge in [-0.05, 0) is 48.4 Å². The van der Waals surface area contributed by atoms with E-state index in [9.17, 15) is 0 Å². The van der Waals surface area contributed by atoms with Crippen molar-refractivity contribution in [2.24, 2.45) is 11.8 Å². The zero-order chi connectivity index (χ0) is 11.0. The van der Waals surface area contributed by atoms with Crippen molar-refractivity contribution in [1.82, 2.24) is 10.3 Å². The van der Waals surface area contributed by atoms with E-state index in [1.54, 1.807) is 0 Å². The molecule has 1 saturated heterocycles. The number of fused-ring (bicyclic) bond motifs is 1. The Balaban J connectivity index is 1.87. The largest absolute Gasteiger partial charge is 0.316 e. The predicted molar refractivity (Wildman–Crippen MR) is 66.3 cm³/mol. The molecule has 2 nitrogen and oxygen atoms in total. The fourth-order valence-electron chi connectivity index (χ4n) is 2.75. The first-order valence-electron chi connectivity index (χ1n) is 5.86. The minimum atomic E-state index is 0.570. The minimum absolute atomic E-state index is 0.570. The molecule has 1 aromatic rings. The Labute approximate surface area is 101 Å². The van der Waals surface area contributed by atoms with Gasteiger partial charge in [-0.2, -0.15) is 0 Å². The predicted octanol–water partition coefficient (Wildman–Crippen LogP) is 2.75. The third kappa shape index (κ3) is 1.87. The highest BCUT2D eigenvalue weighted by atomic mass is 35.5. The smallest absolute Gasteiger partial charge is 0.129 e. The molecule has 2 atom stereocenters. The zero-order valence-electron chi connectivity index (χ0n) is 9.12. The van der Waals surface area contributed by atoms with Crippen LogP contribution in [0.3, 0.4) is 0 Å². The monoisotopic (exact) mass is 234 g/mol. The zero-order valence-corrected chi connectivity index (χ0v) is 9.87. The molecule has 1 N–H and O–H groups in total. The van der Waals surface area contributed by atoms with E-state index in [1.807, 2.05) is 12.3 Å². The summed E-state index contributed by atoms with van der Waals surface area (Å²) in [6.45, 7) is 2.32. The number of nitrogens with one attached hydrogen (secondary N) is 1. The van der Waals surface area contributed by atoms with E-state index in [-0.39, 0.29) is 0 Å². The minimum Gasteiger partial charge on any atom is -0.316 e. The van der Waals surface area contributed by atoms with Gasteiger partial charge in [0.25, 0.3) is 0 Å². The molecule has 1 aliphatic heterocycles. The number of aromatic nitrogens is 1. The van der Waals surface area contributed by atoms with Crippen LogP contribution in [-0.4, -0.2) is 18.1 Å². The summed E-state index contributed by atoms with van der Waals surface area (Å²) in [5, 5.41) is 4.03. The van der Waals surface area contributed by atoms with Crippen LogP contribution in [0.15, 0.2) is 24.4 Å². The third-order valence-electron chi connectivity index (χ3n) is 3.69. The van der Waals surface area contributed by atoms with Crippen LogP contribution in [0.4, 0.5) is 0 Å². The molecule has 0 aromatic carbocycles. The molecule has 84 valence electrons. The Morgan fingerprint density at radius 2 is 2.25 bits per heavy atom. The molecule has 1 aliphatic carbocycles. The van der Waals surface area contributed by atoms with Gasteiger partial charge in [0, 0.05) is 12.7 Å². The summed E-state index contributed by atoms with van der Waals surface area (Å²) in [5.74, 6) is 1.57. The molecular weight excluding hydrogens is 220 g/mol. The lowest BCUT2D eigenvalue weighted by molar-refractivity contribution is 0.448. The number of rotatable bonds is 1. The maximum absolute atomic E-state index is 5.80. The van der Waals surface area contributed by atoms with Gasteiger partial charge in [0.1, 0.15) is 5.15 Å². The van der Waals surface area contributed by atoms with Gasteiger partial charge in [-0.25, -0.2) is 4.98 Å². The molecule has 0 saturated carbocycles. The van der Waals surface area contributed by atoms with E-state index in [2.05, 4.69) is 22.4 Å². The molecule has 0 bridgehead atoms. The second-order valence-electron chi connectivity index (χ2n) is 4.68.